The minimum atomic E-state index is -0.641. The van der Waals surface area contributed by atoms with E-state index in [9.17, 15) is 4.79 Å². The average molecular weight is 304 g/mol. The molecular formula is C10H16N4O3S2. The highest BCUT2D eigenvalue weighted by molar-refractivity contribution is 8.00. The Kier molecular flexibility index (Phi) is 5.01. The number of aromatic nitrogens is 1. The molecule has 0 aliphatic carbocycles. The number of oxime groups is 1. The van der Waals surface area contributed by atoms with Crippen LogP contribution in [-0.2, 0) is 0 Å². The molecule has 1 aromatic rings. The predicted octanol–water partition coefficient (Wildman–Crippen LogP) is 1.85. The second-order valence-electron chi connectivity index (χ2n) is 4.57. The average Bonchev–Trinajstić information content (AvgIpc) is 2.68. The van der Waals surface area contributed by atoms with E-state index in [-0.39, 0.29) is 11.7 Å². The van der Waals surface area contributed by atoms with Crippen molar-refractivity contribution < 1.29 is 14.7 Å². The first-order valence-electron chi connectivity index (χ1n) is 5.29. The molecule has 1 aromatic heterocycles. The third-order valence-corrected chi connectivity index (χ3v) is 3.80. The van der Waals surface area contributed by atoms with E-state index in [1.165, 1.54) is 23.1 Å². The highest BCUT2D eigenvalue weighted by Gasteiger charge is 2.21. The summed E-state index contributed by atoms with van der Waals surface area (Å²) in [7, 11) is 0. The Hall–Kier alpha value is -1.48. The summed E-state index contributed by atoms with van der Waals surface area (Å²) in [6, 6.07) is 0. The first kappa shape index (κ1) is 15.6. The topological polar surface area (TPSA) is 110 Å². The van der Waals surface area contributed by atoms with Gasteiger partial charge in [-0.25, -0.2) is 4.79 Å². The van der Waals surface area contributed by atoms with Gasteiger partial charge in [0.25, 0.3) is 0 Å². The molecule has 0 atom stereocenters. The van der Waals surface area contributed by atoms with Crippen LogP contribution in [0.3, 0.4) is 0 Å². The largest absolute Gasteiger partial charge is 0.414 e. The molecule has 19 heavy (non-hydrogen) atoms. The van der Waals surface area contributed by atoms with Crippen LogP contribution in [0.1, 0.15) is 25.6 Å². The normalized spacial score (nSPS) is 12.3. The van der Waals surface area contributed by atoms with Crippen molar-refractivity contribution in [2.24, 2.45) is 10.9 Å². The first-order valence-corrected chi connectivity index (χ1v) is 7.33. The molecule has 0 saturated carbocycles. The van der Waals surface area contributed by atoms with E-state index in [0.717, 1.165) is 0 Å². The van der Waals surface area contributed by atoms with E-state index in [1.54, 1.807) is 0 Å². The molecule has 0 aliphatic rings. The minimum Gasteiger partial charge on any atom is -0.409 e. The van der Waals surface area contributed by atoms with Crippen molar-refractivity contribution in [3.63, 3.8) is 0 Å². The number of carbonyl (C=O) groups excluding carboxylic acids is 1. The molecule has 106 valence electrons. The maximum Gasteiger partial charge on any atom is 0.414 e. The SMILES string of the molecule is CSc1nc(OC(=O)NC(C)(C)C)c(C(N)=NO)s1. The van der Waals surface area contributed by atoms with Crippen LogP contribution in [0.5, 0.6) is 5.88 Å². The van der Waals surface area contributed by atoms with Crippen LogP contribution in [-0.4, -0.2) is 33.9 Å². The number of carbonyl (C=O) groups is 1. The molecule has 1 amide bonds. The Balaban J connectivity index is 2.94. The third kappa shape index (κ3) is 4.60. The van der Waals surface area contributed by atoms with Gasteiger partial charge < -0.3 is 21.0 Å². The lowest BCUT2D eigenvalue weighted by molar-refractivity contribution is 0.189. The van der Waals surface area contributed by atoms with Crippen molar-refractivity contribution in [3.8, 4) is 5.88 Å². The molecule has 1 heterocycles. The standard InChI is InChI=1S/C10H16N4O3S2/c1-10(2,3)13-8(15)17-7-5(6(11)14-16)19-9(12-7)18-4/h16H,1-4H3,(H2,11,14)(H,13,15). The van der Waals surface area contributed by atoms with Crippen molar-refractivity contribution in [2.45, 2.75) is 30.6 Å². The minimum absolute atomic E-state index is 0.0337. The summed E-state index contributed by atoms with van der Waals surface area (Å²) in [4.78, 5) is 16.1. The third-order valence-electron chi connectivity index (χ3n) is 1.76. The van der Waals surface area contributed by atoms with E-state index in [2.05, 4.69) is 15.5 Å². The molecule has 0 aliphatic heterocycles. The Morgan fingerprint density at radius 1 is 1.58 bits per heavy atom. The fourth-order valence-corrected chi connectivity index (χ4v) is 2.45. The van der Waals surface area contributed by atoms with Gasteiger partial charge in [0, 0.05) is 5.54 Å². The highest BCUT2D eigenvalue weighted by Crippen LogP contribution is 2.30. The van der Waals surface area contributed by atoms with Gasteiger partial charge in [0.2, 0.25) is 5.88 Å². The fourth-order valence-electron chi connectivity index (χ4n) is 1.07. The summed E-state index contributed by atoms with van der Waals surface area (Å²) < 4.78 is 5.74. The summed E-state index contributed by atoms with van der Waals surface area (Å²) in [6.07, 6.45) is 1.19. The molecule has 1 rings (SSSR count). The highest BCUT2D eigenvalue weighted by atomic mass is 32.2. The predicted molar refractivity (Wildman–Crippen MR) is 75.3 cm³/mol. The molecule has 0 aromatic carbocycles. The number of amidine groups is 1. The Bertz CT molecular complexity index is 493. The molecule has 0 radical (unpaired) electrons. The summed E-state index contributed by atoms with van der Waals surface area (Å²) >= 11 is 2.56. The van der Waals surface area contributed by atoms with Crippen LogP contribution >= 0.6 is 23.1 Å². The maximum absolute atomic E-state index is 11.7. The number of thioether (sulfide) groups is 1. The Labute approximate surface area is 119 Å². The number of ether oxygens (including phenoxy) is 1. The van der Waals surface area contributed by atoms with Crippen LogP contribution in [0.25, 0.3) is 0 Å². The number of amides is 1. The van der Waals surface area contributed by atoms with Crippen LogP contribution in [0.15, 0.2) is 9.50 Å². The van der Waals surface area contributed by atoms with Crippen LogP contribution in [0.4, 0.5) is 4.79 Å². The van der Waals surface area contributed by atoms with E-state index >= 15 is 0 Å². The summed E-state index contributed by atoms with van der Waals surface area (Å²) in [5.74, 6) is -0.109. The monoisotopic (exact) mass is 304 g/mol. The van der Waals surface area contributed by atoms with Crippen LogP contribution in [0, 0.1) is 0 Å². The van der Waals surface area contributed by atoms with E-state index in [1.807, 2.05) is 27.0 Å². The number of hydrogen-bond donors (Lipinski definition) is 3. The zero-order chi connectivity index (χ0) is 14.6. The fraction of sp³-hybridized carbons (Fsp3) is 0.500. The molecule has 0 unspecified atom stereocenters. The second kappa shape index (κ2) is 6.11. The van der Waals surface area contributed by atoms with Crippen molar-refractivity contribution in [1.82, 2.24) is 10.3 Å². The van der Waals surface area contributed by atoms with Gasteiger partial charge in [0.1, 0.15) is 4.88 Å². The van der Waals surface area contributed by atoms with Gasteiger partial charge in [-0.1, -0.05) is 16.9 Å². The van der Waals surface area contributed by atoms with Gasteiger partial charge in [-0.3, -0.25) is 0 Å². The van der Waals surface area contributed by atoms with Gasteiger partial charge in [-0.2, -0.15) is 4.98 Å². The zero-order valence-corrected chi connectivity index (χ0v) is 12.7. The van der Waals surface area contributed by atoms with Gasteiger partial charge in [0.05, 0.1) is 0 Å². The maximum atomic E-state index is 11.7. The first-order chi connectivity index (χ1) is 8.76. The summed E-state index contributed by atoms with van der Waals surface area (Å²) in [5.41, 5.74) is 5.09. The molecule has 0 spiro atoms. The van der Waals surface area contributed by atoms with Gasteiger partial charge >= 0.3 is 6.09 Å². The summed E-state index contributed by atoms with van der Waals surface area (Å²) in [6.45, 7) is 5.48. The van der Waals surface area contributed by atoms with Crippen molar-refractivity contribution in [2.75, 3.05) is 6.26 Å². The number of hydrogen-bond acceptors (Lipinski definition) is 7. The van der Waals surface area contributed by atoms with Gasteiger partial charge in [0.15, 0.2) is 10.2 Å². The van der Waals surface area contributed by atoms with Gasteiger partial charge in [-0.05, 0) is 27.0 Å². The molecule has 0 fully saturated rings. The second-order valence-corrected chi connectivity index (χ2v) is 6.62. The van der Waals surface area contributed by atoms with Gasteiger partial charge in [-0.15, -0.1) is 11.3 Å². The van der Waals surface area contributed by atoms with Crippen molar-refractivity contribution in [1.29, 1.82) is 0 Å². The number of nitrogens with two attached hydrogens (primary N) is 1. The van der Waals surface area contributed by atoms with Crippen molar-refractivity contribution >= 4 is 35.0 Å². The molecular weight excluding hydrogens is 288 g/mol. The van der Waals surface area contributed by atoms with Crippen molar-refractivity contribution in [3.05, 3.63) is 4.88 Å². The molecule has 7 nitrogen and oxygen atoms in total. The van der Waals surface area contributed by atoms with E-state index < -0.39 is 11.6 Å². The molecule has 0 saturated heterocycles. The number of thiazole rings is 1. The smallest absolute Gasteiger partial charge is 0.409 e. The van der Waals surface area contributed by atoms with E-state index in [4.69, 9.17) is 15.7 Å². The lowest BCUT2D eigenvalue weighted by atomic mass is 10.1. The number of nitrogens with one attached hydrogen (secondary N) is 1. The number of rotatable bonds is 3. The molecule has 9 heteroatoms. The Morgan fingerprint density at radius 2 is 2.21 bits per heavy atom. The van der Waals surface area contributed by atoms with E-state index in [0.29, 0.717) is 9.22 Å². The zero-order valence-electron chi connectivity index (χ0n) is 11.1. The molecule has 0 bridgehead atoms. The lowest BCUT2D eigenvalue weighted by Gasteiger charge is -2.19. The summed E-state index contributed by atoms with van der Waals surface area (Å²) in [5, 5.41) is 14.2. The number of nitrogens with zero attached hydrogens (tertiary/aromatic N) is 2. The van der Waals surface area contributed by atoms with Crippen LogP contribution < -0.4 is 15.8 Å². The Morgan fingerprint density at radius 3 is 2.68 bits per heavy atom. The van der Waals surface area contributed by atoms with Crippen LogP contribution in [0.2, 0.25) is 0 Å². The lowest BCUT2D eigenvalue weighted by Crippen LogP contribution is -2.42. The quantitative estimate of drug-likeness (QED) is 0.258. The molecule has 4 N–H and O–H groups in total.